The topological polar surface area (TPSA) is 59.4 Å². The van der Waals surface area contributed by atoms with E-state index in [9.17, 15) is 4.79 Å². The number of anilines is 1. The fraction of sp³-hybridized carbons (Fsp3) is 0.765. The second-order valence-electron chi connectivity index (χ2n) is 7.12. The molecule has 23 heavy (non-hydrogen) atoms. The van der Waals surface area contributed by atoms with Crippen molar-refractivity contribution < 1.29 is 9.53 Å². The van der Waals surface area contributed by atoms with E-state index in [4.69, 9.17) is 4.74 Å². The summed E-state index contributed by atoms with van der Waals surface area (Å²) < 4.78 is 7.60. The van der Waals surface area contributed by atoms with E-state index in [2.05, 4.69) is 10.4 Å². The van der Waals surface area contributed by atoms with Gasteiger partial charge in [0.15, 0.2) is 0 Å². The van der Waals surface area contributed by atoms with Crippen LogP contribution in [0, 0.1) is 5.92 Å². The van der Waals surface area contributed by atoms with Crippen LogP contribution < -0.4 is 10.2 Å². The number of nitrogens with one attached hydrogen (secondary N) is 1. The van der Waals surface area contributed by atoms with Crippen LogP contribution in [0.25, 0.3) is 0 Å². The lowest BCUT2D eigenvalue weighted by Gasteiger charge is -2.38. The molecule has 126 valence electrons. The van der Waals surface area contributed by atoms with Gasteiger partial charge in [0.2, 0.25) is 5.91 Å². The van der Waals surface area contributed by atoms with Crippen molar-refractivity contribution in [2.75, 3.05) is 18.1 Å². The highest BCUT2D eigenvalue weighted by atomic mass is 16.5. The molecule has 6 nitrogen and oxygen atoms in total. The number of aromatic nitrogens is 2. The number of nitrogens with zero attached hydrogens (tertiary/aromatic N) is 3. The highest BCUT2D eigenvalue weighted by Gasteiger charge is 2.40. The second-order valence-corrected chi connectivity index (χ2v) is 7.12. The maximum absolute atomic E-state index is 12.9. The van der Waals surface area contributed by atoms with Crippen molar-refractivity contribution >= 4 is 11.6 Å². The maximum atomic E-state index is 12.9. The lowest BCUT2D eigenvalue weighted by atomic mass is 9.81. The van der Waals surface area contributed by atoms with Gasteiger partial charge in [-0.05, 0) is 38.5 Å². The first kappa shape index (κ1) is 15.1. The normalized spacial score (nSPS) is 34.7. The van der Waals surface area contributed by atoms with Crippen LogP contribution in [0.3, 0.4) is 0 Å². The maximum Gasteiger partial charge on any atom is 0.244 e. The minimum Gasteiger partial charge on any atom is -0.378 e. The molecule has 1 aromatic heterocycles. The van der Waals surface area contributed by atoms with E-state index in [1.165, 1.54) is 19.3 Å². The Morgan fingerprint density at radius 2 is 2.17 bits per heavy atom. The van der Waals surface area contributed by atoms with Gasteiger partial charge in [-0.3, -0.25) is 9.48 Å². The van der Waals surface area contributed by atoms with E-state index in [0.717, 1.165) is 38.1 Å². The van der Waals surface area contributed by atoms with Gasteiger partial charge in [0.25, 0.3) is 0 Å². The summed E-state index contributed by atoms with van der Waals surface area (Å²) in [5.41, 5.74) is 0.912. The van der Waals surface area contributed by atoms with Crippen molar-refractivity contribution in [3.63, 3.8) is 0 Å². The Morgan fingerprint density at radius 3 is 3.00 bits per heavy atom. The predicted octanol–water partition coefficient (Wildman–Crippen LogP) is 1.46. The van der Waals surface area contributed by atoms with Crippen LogP contribution in [0.2, 0.25) is 0 Å². The van der Waals surface area contributed by atoms with E-state index in [0.29, 0.717) is 18.1 Å². The first-order valence-corrected chi connectivity index (χ1v) is 8.90. The van der Waals surface area contributed by atoms with E-state index in [1.54, 1.807) is 10.9 Å². The van der Waals surface area contributed by atoms with E-state index in [1.807, 2.05) is 18.1 Å². The number of amides is 1. The second kappa shape index (κ2) is 6.24. The van der Waals surface area contributed by atoms with Crippen molar-refractivity contribution in [2.45, 2.75) is 56.7 Å². The van der Waals surface area contributed by atoms with Gasteiger partial charge in [-0.1, -0.05) is 0 Å². The monoisotopic (exact) mass is 318 g/mol. The SMILES string of the molecule is Cn1cc(N2CCC[C@H](N[C@@H]3CCC[C@H]4OCC[C@H]34)C2=O)cn1. The molecule has 0 unspecified atom stereocenters. The fourth-order valence-electron chi connectivity index (χ4n) is 4.48. The molecule has 3 fully saturated rings. The van der Waals surface area contributed by atoms with Crippen LogP contribution >= 0.6 is 0 Å². The molecule has 3 heterocycles. The molecule has 3 aliphatic rings. The summed E-state index contributed by atoms with van der Waals surface area (Å²) in [6, 6.07) is 0.368. The summed E-state index contributed by atoms with van der Waals surface area (Å²) in [5, 5.41) is 7.88. The number of hydrogen-bond donors (Lipinski definition) is 1. The average Bonchev–Trinajstić information content (AvgIpc) is 3.18. The molecule has 6 heteroatoms. The first-order chi connectivity index (χ1) is 11.2. The van der Waals surface area contributed by atoms with Crippen LogP contribution in [0.4, 0.5) is 5.69 Å². The molecule has 2 saturated heterocycles. The van der Waals surface area contributed by atoms with Crippen LogP contribution in [-0.2, 0) is 16.6 Å². The number of fused-ring (bicyclic) bond motifs is 1. The number of piperidine rings is 1. The van der Waals surface area contributed by atoms with Crippen molar-refractivity contribution in [2.24, 2.45) is 13.0 Å². The molecular weight excluding hydrogens is 292 g/mol. The van der Waals surface area contributed by atoms with Gasteiger partial charge >= 0.3 is 0 Å². The van der Waals surface area contributed by atoms with Gasteiger partial charge in [0.1, 0.15) is 0 Å². The Hall–Kier alpha value is -1.40. The summed E-state index contributed by atoms with van der Waals surface area (Å²) in [5.74, 6) is 0.788. The quantitative estimate of drug-likeness (QED) is 0.917. The molecule has 1 aliphatic carbocycles. The molecule has 4 atom stereocenters. The Labute approximate surface area is 137 Å². The van der Waals surface area contributed by atoms with Crippen LogP contribution in [0.1, 0.15) is 38.5 Å². The van der Waals surface area contributed by atoms with Crippen molar-refractivity contribution in [1.29, 1.82) is 0 Å². The van der Waals surface area contributed by atoms with Gasteiger partial charge in [-0.2, -0.15) is 5.10 Å². The number of carbonyl (C=O) groups excluding carboxylic acids is 1. The van der Waals surface area contributed by atoms with Gasteiger partial charge in [-0.15, -0.1) is 0 Å². The highest BCUT2D eigenvalue weighted by molar-refractivity contribution is 5.97. The standard InChI is InChI=1S/C17H26N4O2/c1-20-11-12(10-18-20)21-8-3-5-15(17(21)22)19-14-4-2-6-16-13(14)7-9-23-16/h10-11,13-16,19H,2-9H2,1H3/t13-,14-,15+,16-/m1/s1. The molecule has 1 saturated carbocycles. The van der Waals surface area contributed by atoms with E-state index >= 15 is 0 Å². The molecule has 0 bridgehead atoms. The van der Waals surface area contributed by atoms with Gasteiger partial charge < -0.3 is 15.0 Å². The summed E-state index contributed by atoms with van der Waals surface area (Å²) in [7, 11) is 1.88. The molecule has 1 N–H and O–H groups in total. The van der Waals surface area contributed by atoms with E-state index < -0.39 is 0 Å². The molecule has 0 aromatic carbocycles. The molecule has 4 rings (SSSR count). The number of hydrogen-bond acceptors (Lipinski definition) is 4. The third kappa shape index (κ3) is 2.90. The smallest absolute Gasteiger partial charge is 0.244 e. The third-order valence-corrected chi connectivity index (χ3v) is 5.64. The molecule has 1 aromatic rings. The van der Waals surface area contributed by atoms with Crippen molar-refractivity contribution in [3.05, 3.63) is 12.4 Å². The zero-order valence-corrected chi connectivity index (χ0v) is 13.8. The summed E-state index contributed by atoms with van der Waals surface area (Å²) >= 11 is 0. The molecular formula is C17H26N4O2. The zero-order chi connectivity index (χ0) is 15.8. The van der Waals surface area contributed by atoms with E-state index in [-0.39, 0.29) is 11.9 Å². The highest BCUT2D eigenvalue weighted by Crippen LogP contribution is 2.35. The molecule has 2 aliphatic heterocycles. The van der Waals surface area contributed by atoms with Crippen LogP contribution in [-0.4, -0.2) is 47.0 Å². The zero-order valence-electron chi connectivity index (χ0n) is 13.8. The summed E-state index contributed by atoms with van der Waals surface area (Å²) in [6.07, 6.45) is 10.8. The minimum absolute atomic E-state index is 0.0618. The van der Waals surface area contributed by atoms with Crippen LogP contribution in [0.5, 0.6) is 0 Å². The Kier molecular flexibility index (Phi) is 4.11. The fourth-order valence-corrected chi connectivity index (χ4v) is 4.48. The molecule has 1 amide bonds. The Bertz CT molecular complexity index is 573. The number of rotatable bonds is 3. The largest absolute Gasteiger partial charge is 0.378 e. The van der Waals surface area contributed by atoms with Gasteiger partial charge in [0, 0.05) is 38.4 Å². The van der Waals surface area contributed by atoms with Gasteiger partial charge in [-0.25, -0.2) is 0 Å². The lowest BCUT2D eigenvalue weighted by molar-refractivity contribution is -0.122. The Morgan fingerprint density at radius 1 is 1.26 bits per heavy atom. The first-order valence-electron chi connectivity index (χ1n) is 8.90. The van der Waals surface area contributed by atoms with Gasteiger partial charge in [0.05, 0.1) is 24.0 Å². The van der Waals surface area contributed by atoms with Crippen LogP contribution in [0.15, 0.2) is 12.4 Å². The average molecular weight is 318 g/mol. The number of aryl methyl sites for hydroxylation is 1. The van der Waals surface area contributed by atoms with Crippen molar-refractivity contribution in [3.8, 4) is 0 Å². The Balaban J connectivity index is 1.45. The predicted molar refractivity (Wildman–Crippen MR) is 87.2 cm³/mol. The minimum atomic E-state index is -0.0618. The summed E-state index contributed by atoms with van der Waals surface area (Å²) in [4.78, 5) is 14.8. The number of ether oxygens (including phenoxy) is 1. The molecule has 0 radical (unpaired) electrons. The van der Waals surface area contributed by atoms with Crippen molar-refractivity contribution in [1.82, 2.24) is 15.1 Å². The summed E-state index contributed by atoms with van der Waals surface area (Å²) in [6.45, 7) is 1.68. The number of carbonyl (C=O) groups is 1. The molecule has 0 spiro atoms. The third-order valence-electron chi connectivity index (χ3n) is 5.64. The lowest BCUT2D eigenvalue weighted by Crippen LogP contribution is -2.56.